The molecule has 0 spiro atoms. The van der Waals surface area contributed by atoms with Gasteiger partial charge in [-0.2, -0.15) is 0 Å². The number of rotatable bonds is 11. The summed E-state index contributed by atoms with van der Waals surface area (Å²) in [4.78, 5) is 56.6. The smallest absolute Gasteiger partial charge is 0.382 e. The molecule has 0 radical (unpaired) electrons. The van der Waals surface area contributed by atoms with E-state index in [1.165, 1.54) is 0 Å². The van der Waals surface area contributed by atoms with Gasteiger partial charge in [0.15, 0.2) is 18.0 Å². The normalized spacial score (nSPS) is 17.8. The molecule has 16 nitrogen and oxygen atoms in total. The van der Waals surface area contributed by atoms with Gasteiger partial charge in [-0.25, -0.2) is 18.9 Å². The van der Waals surface area contributed by atoms with E-state index in [2.05, 4.69) is 28.7 Å². The highest BCUT2D eigenvalue weighted by atomic mass is 31.2. The first-order valence-electron chi connectivity index (χ1n) is 7.33. The van der Waals surface area contributed by atoms with Gasteiger partial charge in [0.25, 0.3) is 5.79 Å². The van der Waals surface area contributed by atoms with E-state index in [9.17, 15) is 39.1 Å². The van der Waals surface area contributed by atoms with Crippen molar-refractivity contribution in [3.05, 3.63) is 0 Å². The molecule has 0 aromatic carbocycles. The lowest BCUT2D eigenvalue weighted by Crippen LogP contribution is -2.61. The summed E-state index contributed by atoms with van der Waals surface area (Å²) >= 11 is 0. The van der Waals surface area contributed by atoms with Crippen molar-refractivity contribution in [1.29, 1.82) is 0 Å². The van der Waals surface area contributed by atoms with Crippen molar-refractivity contribution >= 4 is 31.5 Å². The molecule has 0 aromatic heterocycles. The van der Waals surface area contributed by atoms with E-state index < -0.39 is 55.1 Å². The molecule has 3 atom stereocenters. The van der Waals surface area contributed by atoms with E-state index in [-0.39, 0.29) is 0 Å². The number of carbonyl (C=O) groups is 4. The molecule has 0 rings (SSSR count). The van der Waals surface area contributed by atoms with Gasteiger partial charge in [-0.3, -0.25) is 19.5 Å². The lowest BCUT2D eigenvalue weighted by atomic mass is 9.92. The number of carbonyl (C=O) groups excluding carboxylic acids is 4. The summed E-state index contributed by atoms with van der Waals surface area (Å²) in [6.45, 7) is 2.78. The van der Waals surface area contributed by atoms with Crippen molar-refractivity contribution in [3.8, 4) is 0 Å². The maximum absolute atomic E-state index is 12.1. The van der Waals surface area contributed by atoms with Gasteiger partial charge in [0, 0.05) is 6.92 Å². The maximum atomic E-state index is 12.1. The zero-order chi connectivity index (χ0) is 23.2. The number of hydrogen-bond donors (Lipinski definition) is 5. The standard InChI is InChI=1S/C12H19O16P/c1-5(13)8(16)23-26-29(22,27-24-9(17)6(2)14)28-25-10(18)11(4,19)12(20,21)7(3)15/h5-6,13-14,19-21H,1-4H3. The molecular weight excluding hydrogens is 431 g/mol. The quantitative estimate of drug-likeness (QED) is 0.0930. The Labute approximate surface area is 161 Å². The first-order chi connectivity index (χ1) is 13.0. The van der Waals surface area contributed by atoms with Gasteiger partial charge < -0.3 is 25.5 Å². The molecule has 0 amide bonds. The molecule has 29 heavy (non-hydrogen) atoms. The van der Waals surface area contributed by atoms with Gasteiger partial charge in [0.1, 0.15) is 0 Å². The maximum Gasteiger partial charge on any atom is 0.584 e. The van der Waals surface area contributed by atoms with Crippen molar-refractivity contribution in [1.82, 2.24) is 0 Å². The molecule has 0 aliphatic carbocycles. The van der Waals surface area contributed by atoms with E-state index in [4.69, 9.17) is 10.2 Å². The van der Waals surface area contributed by atoms with Crippen LogP contribution in [0.2, 0.25) is 0 Å². The van der Waals surface area contributed by atoms with E-state index in [0.29, 0.717) is 13.8 Å². The summed E-state index contributed by atoms with van der Waals surface area (Å²) in [7, 11) is -5.52. The zero-order valence-corrected chi connectivity index (χ0v) is 16.2. The number of phosphoric acid groups is 1. The van der Waals surface area contributed by atoms with Gasteiger partial charge in [0.2, 0.25) is 5.60 Å². The van der Waals surface area contributed by atoms with Crippen LogP contribution in [0.4, 0.5) is 0 Å². The van der Waals surface area contributed by atoms with Crippen LogP contribution in [0.15, 0.2) is 0 Å². The summed E-state index contributed by atoms with van der Waals surface area (Å²) in [5.74, 6) is -10.5. The van der Waals surface area contributed by atoms with Crippen molar-refractivity contribution in [2.24, 2.45) is 0 Å². The van der Waals surface area contributed by atoms with Gasteiger partial charge in [0.05, 0.1) is 0 Å². The molecule has 0 bridgehead atoms. The van der Waals surface area contributed by atoms with Crippen LogP contribution in [0.3, 0.4) is 0 Å². The Morgan fingerprint density at radius 2 is 1.17 bits per heavy atom. The Bertz CT molecular complexity index is 651. The molecule has 0 saturated carbocycles. The Morgan fingerprint density at radius 1 is 0.828 bits per heavy atom. The SMILES string of the molecule is CC(=O)C(O)(O)C(C)(O)C(=O)OOP(=O)(OOC(=O)C(C)O)OOC(=O)C(C)O. The van der Waals surface area contributed by atoms with E-state index in [0.717, 1.165) is 13.8 Å². The number of aliphatic hydroxyl groups excluding tert-OH is 2. The van der Waals surface area contributed by atoms with Gasteiger partial charge in [-0.15, -0.1) is 0 Å². The lowest BCUT2D eigenvalue weighted by Gasteiger charge is -2.31. The van der Waals surface area contributed by atoms with Crippen LogP contribution in [0.1, 0.15) is 27.7 Å². The summed E-state index contributed by atoms with van der Waals surface area (Å²) in [5, 5.41) is 46.6. The fourth-order valence-electron chi connectivity index (χ4n) is 0.987. The monoisotopic (exact) mass is 450 g/mol. The Balaban J connectivity index is 5.36. The third-order valence-electron chi connectivity index (χ3n) is 2.88. The third kappa shape index (κ3) is 7.39. The number of Topliss-reactive ketones (excluding diaryl/α,β-unsaturated/α-hetero) is 1. The van der Waals surface area contributed by atoms with E-state index >= 15 is 0 Å². The van der Waals surface area contributed by atoms with Crippen LogP contribution in [0, 0.1) is 0 Å². The van der Waals surface area contributed by atoms with Crippen molar-refractivity contribution in [2.75, 3.05) is 0 Å². The summed E-state index contributed by atoms with van der Waals surface area (Å²) in [5.41, 5.74) is -3.39. The minimum atomic E-state index is -5.52. The molecule has 17 heteroatoms. The van der Waals surface area contributed by atoms with Crippen molar-refractivity contribution in [3.63, 3.8) is 0 Å². The fourth-order valence-corrected chi connectivity index (χ4v) is 1.55. The van der Waals surface area contributed by atoms with Crippen LogP contribution in [-0.4, -0.2) is 72.8 Å². The molecule has 0 fully saturated rings. The fraction of sp³-hybridized carbons (Fsp3) is 0.667. The Hall–Kier alpha value is -2.01. The second-order valence-corrected chi connectivity index (χ2v) is 6.84. The average molecular weight is 450 g/mol. The molecule has 0 saturated heterocycles. The number of hydrogen-bond acceptors (Lipinski definition) is 16. The van der Waals surface area contributed by atoms with Crippen molar-refractivity contribution in [2.45, 2.75) is 51.3 Å². The third-order valence-corrected chi connectivity index (χ3v) is 3.65. The molecule has 0 aliphatic heterocycles. The first kappa shape index (κ1) is 27.0. The first-order valence-corrected chi connectivity index (χ1v) is 8.79. The van der Waals surface area contributed by atoms with E-state index in [1.54, 1.807) is 0 Å². The molecule has 3 unspecified atom stereocenters. The minimum Gasteiger partial charge on any atom is -0.382 e. The molecular formula is C12H19O16P. The zero-order valence-electron chi connectivity index (χ0n) is 15.3. The highest BCUT2D eigenvalue weighted by Gasteiger charge is 2.57. The second kappa shape index (κ2) is 10.1. The Morgan fingerprint density at radius 3 is 1.48 bits per heavy atom. The molecule has 0 heterocycles. The van der Waals surface area contributed by atoms with Crippen LogP contribution in [-0.2, 0) is 52.4 Å². The molecule has 5 N–H and O–H groups in total. The van der Waals surface area contributed by atoms with Gasteiger partial charge in [-0.05, 0) is 20.8 Å². The van der Waals surface area contributed by atoms with Crippen LogP contribution in [0.25, 0.3) is 0 Å². The van der Waals surface area contributed by atoms with Crippen molar-refractivity contribution < 1.29 is 78.0 Å². The molecule has 0 aliphatic rings. The summed E-state index contributed by atoms with van der Waals surface area (Å²) in [6.07, 6.45) is -3.63. The van der Waals surface area contributed by atoms with Crippen LogP contribution < -0.4 is 0 Å². The van der Waals surface area contributed by atoms with Gasteiger partial charge >= 0.3 is 25.7 Å². The molecule has 0 aromatic rings. The summed E-state index contributed by atoms with van der Waals surface area (Å²) in [6, 6.07) is 0. The van der Waals surface area contributed by atoms with Gasteiger partial charge in [-0.1, -0.05) is 14.0 Å². The lowest BCUT2D eigenvalue weighted by molar-refractivity contribution is -0.313. The minimum absolute atomic E-state index is 0.396. The average Bonchev–Trinajstić information content (AvgIpc) is 2.61. The predicted octanol–water partition coefficient (Wildman–Crippen LogP) is -2.70. The Kier molecular flexibility index (Phi) is 9.45. The molecule has 168 valence electrons. The van der Waals surface area contributed by atoms with Crippen LogP contribution >= 0.6 is 7.82 Å². The second-order valence-electron chi connectivity index (χ2n) is 5.50. The topological polar surface area (TPSA) is 242 Å². The number of aliphatic hydroxyl groups is 5. The van der Waals surface area contributed by atoms with Crippen LogP contribution in [0.5, 0.6) is 0 Å². The largest absolute Gasteiger partial charge is 0.584 e. The number of ketones is 1. The highest BCUT2D eigenvalue weighted by molar-refractivity contribution is 7.48. The highest BCUT2D eigenvalue weighted by Crippen LogP contribution is 2.50. The van der Waals surface area contributed by atoms with E-state index in [1.807, 2.05) is 0 Å². The summed E-state index contributed by atoms with van der Waals surface area (Å²) < 4.78 is 23.8. The predicted molar refractivity (Wildman–Crippen MR) is 81.0 cm³/mol.